The Kier molecular flexibility index (Phi) is 4.33. The van der Waals surface area contributed by atoms with Crippen molar-refractivity contribution < 1.29 is 14.3 Å². The number of para-hydroxylation sites is 1. The summed E-state index contributed by atoms with van der Waals surface area (Å²) in [5.74, 6) is 1.53. The molecule has 1 aliphatic heterocycles. The highest BCUT2D eigenvalue weighted by molar-refractivity contribution is 5.94. The van der Waals surface area contributed by atoms with Gasteiger partial charge in [0.2, 0.25) is 5.91 Å². The van der Waals surface area contributed by atoms with Crippen LogP contribution >= 0.6 is 0 Å². The van der Waals surface area contributed by atoms with Crippen molar-refractivity contribution in [1.82, 2.24) is 0 Å². The molecule has 1 N–H and O–H groups in total. The minimum atomic E-state index is -0.146. The highest BCUT2D eigenvalue weighted by Crippen LogP contribution is 2.33. The molecule has 1 heterocycles. The van der Waals surface area contributed by atoms with Crippen LogP contribution in [0.2, 0.25) is 0 Å². The van der Waals surface area contributed by atoms with Gasteiger partial charge in [-0.15, -0.1) is 0 Å². The molecule has 2 aromatic rings. The van der Waals surface area contributed by atoms with E-state index in [0.717, 1.165) is 28.3 Å². The Labute approximate surface area is 135 Å². The number of rotatable bonds is 3. The van der Waals surface area contributed by atoms with Crippen LogP contribution in [0.4, 0.5) is 5.69 Å². The predicted octanol–water partition coefficient (Wildman–Crippen LogP) is 3.98. The van der Waals surface area contributed by atoms with Gasteiger partial charge < -0.3 is 14.8 Å². The third-order valence-corrected chi connectivity index (χ3v) is 3.68. The molecule has 2 aromatic carbocycles. The topological polar surface area (TPSA) is 47.6 Å². The van der Waals surface area contributed by atoms with E-state index in [0.29, 0.717) is 6.42 Å². The lowest BCUT2D eigenvalue weighted by atomic mass is 10.1. The van der Waals surface area contributed by atoms with Crippen molar-refractivity contribution in [3.63, 3.8) is 0 Å². The minimum absolute atomic E-state index is 0.0208. The van der Waals surface area contributed by atoms with E-state index in [1.165, 1.54) is 0 Å². The molecular formula is C19H19NO3. The molecule has 23 heavy (non-hydrogen) atoms. The van der Waals surface area contributed by atoms with Crippen molar-refractivity contribution in [3.8, 4) is 11.5 Å². The third kappa shape index (κ3) is 3.54. The monoisotopic (exact) mass is 309 g/mol. The number of fused-ring (bicyclic) bond motifs is 1. The van der Waals surface area contributed by atoms with E-state index in [1.54, 1.807) is 7.11 Å². The van der Waals surface area contributed by atoms with Crippen molar-refractivity contribution in [3.05, 3.63) is 53.6 Å². The molecule has 0 fully saturated rings. The first kappa shape index (κ1) is 15.2. The average molecular weight is 309 g/mol. The molecule has 3 rings (SSSR count). The van der Waals surface area contributed by atoms with Gasteiger partial charge in [-0.3, -0.25) is 4.79 Å². The second kappa shape index (κ2) is 6.57. The summed E-state index contributed by atoms with van der Waals surface area (Å²) in [4.78, 5) is 11.8. The van der Waals surface area contributed by atoms with Gasteiger partial charge in [0.25, 0.3) is 0 Å². The highest BCUT2D eigenvalue weighted by atomic mass is 16.5. The number of carbonyl (C=O) groups excluding carboxylic acids is 1. The van der Waals surface area contributed by atoms with Gasteiger partial charge in [0, 0.05) is 5.56 Å². The maximum atomic E-state index is 11.8. The molecular weight excluding hydrogens is 290 g/mol. The number of ether oxygens (including phenoxy) is 2. The highest BCUT2D eigenvalue weighted by Gasteiger charge is 2.20. The molecule has 1 atom stereocenters. The van der Waals surface area contributed by atoms with Crippen LogP contribution in [0, 0.1) is 0 Å². The van der Waals surface area contributed by atoms with E-state index in [2.05, 4.69) is 5.32 Å². The van der Waals surface area contributed by atoms with E-state index in [4.69, 9.17) is 9.47 Å². The first-order chi connectivity index (χ1) is 11.2. The molecule has 1 amide bonds. The summed E-state index contributed by atoms with van der Waals surface area (Å²) in [6, 6.07) is 13.6. The van der Waals surface area contributed by atoms with Crippen molar-refractivity contribution >= 4 is 23.7 Å². The zero-order chi connectivity index (χ0) is 16.2. The Balaban J connectivity index is 1.89. The first-order valence-corrected chi connectivity index (χ1v) is 7.57. The third-order valence-electron chi connectivity index (χ3n) is 3.68. The number of nitrogens with one attached hydrogen (secondary N) is 1. The fraction of sp³-hybridized carbons (Fsp3) is 0.211. The van der Waals surface area contributed by atoms with E-state index < -0.39 is 0 Å². The van der Waals surface area contributed by atoms with Crippen molar-refractivity contribution in [2.45, 2.75) is 19.4 Å². The van der Waals surface area contributed by atoms with Crippen LogP contribution in [-0.2, 0) is 4.79 Å². The molecule has 0 spiro atoms. The van der Waals surface area contributed by atoms with Gasteiger partial charge in [-0.25, -0.2) is 0 Å². The van der Waals surface area contributed by atoms with Crippen LogP contribution in [0.25, 0.3) is 12.2 Å². The van der Waals surface area contributed by atoms with E-state index in [1.807, 2.05) is 61.5 Å². The molecule has 0 radical (unpaired) electrons. The predicted molar refractivity (Wildman–Crippen MR) is 91.7 cm³/mol. The smallest absolute Gasteiger partial charge is 0.228 e. The van der Waals surface area contributed by atoms with Crippen LogP contribution < -0.4 is 14.8 Å². The standard InChI is InChI=1S/C19H19NO3/c1-13-12-18(21)20-17-5-3-4-15(19(17)23-13)9-6-14-7-10-16(22-2)11-8-14/h3-11,13H,12H2,1-2H3,(H,20,21)/b9-6+/t13-/m1/s1. The van der Waals surface area contributed by atoms with Crippen LogP contribution in [-0.4, -0.2) is 19.1 Å². The summed E-state index contributed by atoms with van der Waals surface area (Å²) >= 11 is 0. The summed E-state index contributed by atoms with van der Waals surface area (Å²) in [6.45, 7) is 1.90. The van der Waals surface area contributed by atoms with Gasteiger partial charge in [-0.1, -0.05) is 36.4 Å². The Hall–Kier alpha value is -2.75. The Morgan fingerprint density at radius 3 is 2.70 bits per heavy atom. The second-order valence-corrected chi connectivity index (χ2v) is 5.51. The quantitative estimate of drug-likeness (QED) is 0.873. The lowest BCUT2D eigenvalue weighted by Crippen LogP contribution is -2.17. The lowest BCUT2D eigenvalue weighted by molar-refractivity contribution is -0.117. The molecule has 118 valence electrons. The van der Waals surface area contributed by atoms with Gasteiger partial charge >= 0.3 is 0 Å². The molecule has 4 heteroatoms. The summed E-state index contributed by atoms with van der Waals surface area (Å²) in [5, 5.41) is 2.89. The van der Waals surface area contributed by atoms with Gasteiger partial charge in [0.1, 0.15) is 17.6 Å². The summed E-state index contributed by atoms with van der Waals surface area (Å²) in [6.07, 6.45) is 4.21. The summed E-state index contributed by atoms with van der Waals surface area (Å²) < 4.78 is 11.1. The molecule has 0 unspecified atom stereocenters. The number of anilines is 1. The van der Waals surface area contributed by atoms with E-state index in [-0.39, 0.29) is 12.0 Å². The van der Waals surface area contributed by atoms with Crippen LogP contribution in [0.1, 0.15) is 24.5 Å². The maximum absolute atomic E-state index is 11.8. The first-order valence-electron chi connectivity index (χ1n) is 7.57. The van der Waals surface area contributed by atoms with Crippen molar-refractivity contribution in [1.29, 1.82) is 0 Å². The second-order valence-electron chi connectivity index (χ2n) is 5.51. The van der Waals surface area contributed by atoms with Gasteiger partial charge in [0.15, 0.2) is 0 Å². The Morgan fingerprint density at radius 2 is 1.96 bits per heavy atom. The number of methoxy groups -OCH3 is 1. The van der Waals surface area contributed by atoms with Gasteiger partial charge in [-0.05, 0) is 30.7 Å². The number of hydrogen-bond acceptors (Lipinski definition) is 3. The molecule has 0 aromatic heterocycles. The molecule has 0 saturated heterocycles. The zero-order valence-corrected chi connectivity index (χ0v) is 13.2. The largest absolute Gasteiger partial charge is 0.497 e. The molecule has 0 aliphatic carbocycles. The van der Waals surface area contributed by atoms with Gasteiger partial charge in [-0.2, -0.15) is 0 Å². The lowest BCUT2D eigenvalue weighted by Gasteiger charge is -2.13. The molecule has 0 bridgehead atoms. The minimum Gasteiger partial charge on any atom is -0.497 e. The van der Waals surface area contributed by atoms with Crippen molar-refractivity contribution in [2.75, 3.05) is 12.4 Å². The Bertz CT molecular complexity index is 735. The van der Waals surface area contributed by atoms with Crippen molar-refractivity contribution in [2.24, 2.45) is 0 Å². The number of benzene rings is 2. The molecule has 4 nitrogen and oxygen atoms in total. The van der Waals surface area contributed by atoms with Crippen LogP contribution in [0.5, 0.6) is 11.5 Å². The van der Waals surface area contributed by atoms with Gasteiger partial charge in [0.05, 0.1) is 19.2 Å². The SMILES string of the molecule is COc1ccc(/C=C/c2cccc3c2O[C@H](C)CC(=O)N3)cc1. The average Bonchev–Trinajstić information content (AvgIpc) is 2.70. The summed E-state index contributed by atoms with van der Waals surface area (Å²) in [5.41, 5.74) is 2.72. The van der Waals surface area contributed by atoms with Crippen LogP contribution in [0.3, 0.4) is 0 Å². The zero-order valence-electron chi connectivity index (χ0n) is 13.2. The van der Waals surface area contributed by atoms with E-state index >= 15 is 0 Å². The Morgan fingerprint density at radius 1 is 1.17 bits per heavy atom. The summed E-state index contributed by atoms with van der Waals surface area (Å²) in [7, 11) is 1.65. The molecule has 1 aliphatic rings. The number of amides is 1. The van der Waals surface area contributed by atoms with Crippen LogP contribution in [0.15, 0.2) is 42.5 Å². The number of hydrogen-bond donors (Lipinski definition) is 1. The fourth-order valence-electron chi connectivity index (χ4n) is 2.52. The maximum Gasteiger partial charge on any atom is 0.228 e. The normalized spacial score (nSPS) is 17.1. The number of carbonyl (C=O) groups is 1. The molecule has 0 saturated carbocycles. The van der Waals surface area contributed by atoms with E-state index in [9.17, 15) is 4.79 Å². The fourth-order valence-corrected chi connectivity index (χ4v) is 2.52.